The van der Waals surface area contributed by atoms with Crippen LogP contribution in [0, 0.1) is 5.92 Å². The predicted octanol–water partition coefficient (Wildman–Crippen LogP) is 1.14. The molecule has 1 saturated heterocycles. The average Bonchev–Trinajstić information content (AvgIpc) is 3.22. The quantitative estimate of drug-likeness (QED) is 0.887. The van der Waals surface area contributed by atoms with Gasteiger partial charge in [0.1, 0.15) is 5.54 Å². The third kappa shape index (κ3) is 2.87. The van der Waals surface area contributed by atoms with Gasteiger partial charge in [-0.25, -0.2) is 4.98 Å². The molecule has 2 fully saturated rings. The summed E-state index contributed by atoms with van der Waals surface area (Å²) in [4.78, 5) is 30.9. The number of rotatable bonds is 5. The van der Waals surface area contributed by atoms with E-state index >= 15 is 0 Å². The molecule has 1 aliphatic carbocycles. The molecule has 3 rings (SSSR count). The Bertz CT molecular complexity index is 538. The van der Waals surface area contributed by atoms with E-state index < -0.39 is 5.54 Å². The SMILES string of the molecule is CCC(=O)N1CCCC(C(=O)NCC2CC2)(n2ccnc2)C1. The van der Waals surface area contributed by atoms with Crippen molar-refractivity contribution in [3.63, 3.8) is 0 Å². The first-order valence-electron chi connectivity index (χ1n) is 8.20. The van der Waals surface area contributed by atoms with Crippen molar-refractivity contribution in [1.82, 2.24) is 19.8 Å². The summed E-state index contributed by atoms with van der Waals surface area (Å²) < 4.78 is 1.88. The molecular weight excluding hydrogens is 280 g/mol. The van der Waals surface area contributed by atoms with Gasteiger partial charge in [-0.05, 0) is 31.6 Å². The van der Waals surface area contributed by atoms with Crippen LogP contribution in [0.2, 0.25) is 0 Å². The minimum absolute atomic E-state index is 0.0194. The number of carbonyl (C=O) groups is 2. The number of aromatic nitrogens is 2. The van der Waals surface area contributed by atoms with E-state index in [-0.39, 0.29) is 11.8 Å². The minimum atomic E-state index is -0.714. The smallest absolute Gasteiger partial charge is 0.248 e. The Balaban J connectivity index is 1.82. The molecule has 0 bridgehead atoms. The molecule has 0 aromatic carbocycles. The number of piperidine rings is 1. The molecule has 120 valence electrons. The summed E-state index contributed by atoms with van der Waals surface area (Å²) in [6.07, 6.45) is 9.68. The van der Waals surface area contributed by atoms with Crippen molar-refractivity contribution in [2.75, 3.05) is 19.6 Å². The van der Waals surface area contributed by atoms with E-state index in [2.05, 4.69) is 10.3 Å². The predicted molar refractivity (Wildman–Crippen MR) is 82.0 cm³/mol. The summed E-state index contributed by atoms with van der Waals surface area (Å²) in [5, 5.41) is 3.10. The zero-order chi connectivity index (χ0) is 15.6. The maximum atomic E-state index is 12.9. The average molecular weight is 304 g/mol. The highest BCUT2D eigenvalue weighted by atomic mass is 16.2. The molecule has 6 nitrogen and oxygen atoms in total. The second-order valence-electron chi connectivity index (χ2n) is 6.43. The first-order chi connectivity index (χ1) is 10.7. The van der Waals surface area contributed by atoms with Crippen LogP contribution in [-0.4, -0.2) is 45.9 Å². The van der Waals surface area contributed by atoms with Gasteiger partial charge in [-0.2, -0.15) is 0 Å². The fourth-order valence-electron chi connectivity index (χ4n) is 3.22. The van der Waals surface area contributed by atoms with Crippen LogP contribution in [0.5, 0.6) is 0 Å². The van der Waals surface area contributed by atoms with Crippen molar-refractivity contribution in [3.05, 3.63) is 18.7 Å². The molecule has 1 aliphatic heterocycles. The molecule has 6 heteroatoms. The maximum absolute atomic E-state index is 12.9. The summed E-state index contributed by atoms with van der Waals surface area (Å²) in [5.41, 5.74) is -0.714. The van der Waals surface area contributed by atoms with E-state index in [1.807, 2.05) is 22.6 Å². The number of imidazole rings is 1. The molecule has 1 unspecified atom stereocenters. The normalized spacial score (nSPS) is 25.0. The van der Waals surface area contributed by atoms with E-state index in [9.17, 15) is 9.59 Å². The molecule has 2 aliphatic rings. The molecule has 2 amide bonds. The van der Waals surface area contributed by atoms with Gasteiger partial charge in [-0.1, -0.05) is 6.92 Å². The zero-order valence-corrected chi connectivity index (χ0v) is 13.1. The number of likely N-dealkylation sites (tertiary alicyclic amines) is 1. The summed E-state index contributed by atoms with van der Waals surface area (Å²) in [6.45, 7) is 3.78. The number of amides is 2. The van der Waals surface area contributed by atoms with Crippen LogP contribution in [0.25, 0.3) is 0 Å². The van der Waals surface area contributed by atoms with Crippen LogP contribution in [0.1, 0.15) is 39.0 Å². The highest BCUT2D eigenvalue weighted by Crippen LogP contribution is 2.31. The lowest BCUT2D eigenvalue weighted by molar-refractivity contribution is -0.140. The van der Waals surface area contributed by atoms with Gasteiger partial charge in [0.25, 0.3) is 0 Å². The van der Waals surface area contributed by atoms with Crippen LogP contribution >= 0.6 is 0 Å². The molecule has 0 spiro atoms. The van der Waals surface area contributed by atoms with Gasteiger partial charge in [0.2, 0.25) is 11.8 Å². The lowest BCUT2D eigenvalue weighted by Crippen LogP contribution is -2.59. The summed E-state index contributed by atoms with van der Waals surface area (Å²) in [6, 6.07) is 0. The Labute approximate surface area is 130 Å². The number of carbonyl (C=O) groups excluding carboxylic acids is 2. The summed E-state index contributed by atoms with van der Waals surface area (Å²) in [7, 11) is 0. The molecule has 0 radical (unpaired) electrons. The fourth-order valence-corrected chi connectivity index (χ4v) is 3.22. The van der Waals surface area contributed by atoms with Crippen LogP contribution < -0.4 is 5.32 Å². The fraction of sp³-hybridized carbons (Fsp3) is 0.688. The molecule has 1 atom stereocenters. The van der Waals surface area contributed by atoms with Crippen molar-refractivity contribution in [2.24, 2.45) is 5.92 Å². The van der Waals surface area contributed by atoms with Crippen molar-refractivity contribution < 1.29 is 9.59 Å². The Morgan fingerprint density at radius 3 is 2.86 bits per heavy atom. The van der Waals surface area contributed by atoms with Gasteiger partial charge >= 0.3 is 0 Å². The van der Waals surface area contributed by atoms with Crippen molar-refractivity contribution in [1.29, 1.82) is 0 Å². The molecule has 1 N–H and O–H groups in total. The van der Waals surface area contributed by atoms with E-state index in [0.717, 1.165) is 25.9 Å². The van der Waals surface area contributed by atoms with Crippen molar-refractivity contribution in [2.45, 2.75) is 44.6 Å². The topological polar surface area (TPSA) is 67.2 Å². The van der Waals surface area contributed by atoms with E-state index in [1.54, 1.807) is 12.5 Å². The molecule has 2 heterocycles. The lowest BCUT2D eigenvalue weighted by atomic mass is 9.87. The lowest BCUT2D eigenvalue weighted by Gasteiger charge is -2.42. The highest BCUT2D eigenvalue weighted by molar-refractivity contribution is 5.86. The van der Waals surface area contributed by atoms with E-state index in [4.69, 9.17) is 0 Å². The van der Waals surface area contributed by atoms with Gasteiger partial charge in [-0.15, -0.1) is 0 Å². The first kappa shape index (κ1) is 15.1. The van der Waals surface area contributed by atoms with Crippen molar-refractivity contribution in [3.8, 4) is 0 Å². The Morgan fingerprint density at radius 1 is 1.41 bits per heavy atom. The first-order valence-corrected chi connectivity index (χ1v) is 8.20. The van der Waals surface area contributed by atoms with Crippen molar-refractivity contribution >= 4 is 11.8 Å². The van der Waals surface area contributed by atoms with Gasteiger partial charge in [-0.3, -0.25) is 9.59 Å². The third-order valence-corrected chi connectivity index (χ3v) is 4.80. The Morgan fingerprint density at radius 2 is 2.23 bits per heavy atom. The zero-order valence-electron chi connectivity index (χ0n) is 13.1. The molecule has 1 aromatic heterocycles. The monoisotopic (exact) mass is 304 g/mol. The van der Waals surface area contributed by atoms with E-state index in [1.165, 1.54) is 12.8 Å². The van der Waals surface area contributed by atoms with Gasteiger partial charge < -0.3 is 14.8 Å². The van der Waals surface area contributed by atoms with Gasteiger partial charge in [0, 0.05) is 31.9 Å². The summed E-state index contributed by atoms with van der Waals surface area (Å²) >= 11 is 0. The summed E-state index contributed by atoms with van der Waals surface area (Å²) in [5.74, 6) is 0.769. The van der Waals surface area contributed by atoms with Gasteiger partial charge in [0.05, 0.1) is 12.9 Å². The number of hydrogen-bond acceptors (Lipinski definition) is 3. The third-order valence-electron chi connectivity index (χ3n) is 4.80. The minimum Gasteiger partial charge on any atom is -0.354 e. The van der Waals surface area contributed by atoms with Crippen LogP contribution in [0.15, 0.2) is 18.7 Å². The molecule has 1 aromatic rings. The van der Waals surface area contributed by atoms with Crippen LogP contribution in [-0.2, 0) is 15.1 Å². The standard InChI is InChI=1S/C16H24N4O2/c1-2-14(21)19-8-3-6-16(11-19,20-9-7-17-12-20)15(22)18-10-13-4-5-13/h7,9,12-13H,2-6,8,10-11H2,1H3,(H,18,22). The molecule has 22 heavy (non-hydrogen) atoms. The highest BCUT2D eigenvalue weighted by Gasteiger charge is 2.45. The number of hydrogen-bond donors (Lipinski definition) is 1. The Hall–Kier alpha value is -1.85. The number of nitrogens with one attached hydrogen (secondary N) is 1. The second-order valence-corrected chi connectivity index (χ2v) is 6.43. The van der Waals surface area contributed by atoms with E-state index in [0.29, 0.717) is 18.9 Å². The Kier molecular flexibility index (Phi) is 4.18. The second kappa shape index (κ2) is 6.10. The number of nitrogens with zero attached hydrogens (tertiary/aromatic N) is 3. The maximum Gasteiger partial charge on any atom is 0.248 e. The molecule has 1 saturated carbocycles. The van der Waals surface area contributed by atoms with Gasteiger partial charge in [0.15, 0.2) is 0 Å². The largest absolute Gasteiger partial charge is 0.354 e. The van der Waals surface area contributed by atoms with Crippen LogP contribution in [0.4, 0.5) is 0 Å². The molecular formula is C16H24N4O2. The van der Waals surface area contributed by atoms with Crippen LogP contribution in [0.3, 0.4) is 0 Å².